The van der Waals surface area contributed by atoms with Crippen molar-refractivity contribution in [3.05, 3.63) is 28.8 Å². The van der Waals surface area contributed by atoms with Crippen LogP contribution in [0.2, 0.25) is 0 Å². The molecule has 2 aliphatic rings. The van der Waals surface area contributed by atoms with Crippen molar-refractivity contribution < 1.29 is 13.2 Å². The lowest BCUT2D eigenvalue weighted by Gasteiger charge is -2.43. The van der Waals surface area contributed by atoms with E-state index in [9.17, 15) is 13.2 Å². The van der Waals surface area contributed by atoms with Crippen molar-refractivity contribution in [2.75, 3.05) is 31.1 Å². The Morgan fingerprint density at radius 3 is 2.80 bits per heavy atom. The molecule has 25 heavy (non-hydrogen) atoms. The van der Waals surface area contributed by atoms with Crippen LogP contribution >= 0.6 is 11.3 Å². The predicted molar refractivity (Wildman–Crippen MR) is 98.9 cm³/mol. The fraction of sp³-hybridized carbons (Fsp3) is 0.529. The van der Waals surface area contributed by atoms with Gasteiger partial charge in [-0.3, -0.25) is 9.69 Å². The van der Waals surface area contributed by atoms with Gasteiger partial charge in [-0.2, -0.15) is 0 Å². The Morgan fingerprint density at radius 2 is 2.04 bits per heavy atom. The number of nitrogens with zero attached hydrogens (tertiary/aromatic N) is 3. The summed E-state index contributed by atoms with van der Waals surface area (Å²) in [5.41, 5.74) is 1.42. The van der Waals surface area contributed by atoms with Crippen molar-refractivity contribution in [3.8, 4) is 0 Å². The number of piperazine rings is 1. The van der Waals surface area contributed by atoms with Crippen LogP contribution in [0.1, 0.15) is 22.3 Å². The molecule has 1 amide bonds. The maximum Gasteiger partial charge on any atom is 0.254 e. The Labute approximate surface area is 151 Å². The highest BCUT2D eigenvalue weighted by molar-refractivity contribution is 7.91. The summed E-state index contributed by atoms with van der Waals surface area (Å²) in [6.07, 6.45) is 0. The zero-order chi connectivity index (χ0) is 17.8. The first-order chi connectivity index (χ1) is 11.9. The van der Waals surface area contributed by atoms with E-state index < -0.39 is 9.84 Å². The number of thiazole rings is 1. The maximum atomic E-state index is 13.1. The quantitative estimate of drug-likeness (QED) is 0.792. The van der Waals surface area contributed by atoms with Crippen LogP contribution in [-0.4, -0.2) is 72.3 Å². The van der Waals surface area contributed by atoms with E-state index in [0.717, 1.165) is 28.3 Å². The third kappa shape index (κ3) is 2.96. The molecule has 0 unspecified atom stereocenters. The number of hydrogen-bond donors (Lipinski definition) is 0. The lowest BCUT2D eigenvalue weighted by atomic mass is 10.0. The van der Waals surface area contributed by atoms with E-state index in [1.54, 1.807) is 16.2 Å². The van der Waals surface area contributed by atoms with Gasteiger partial charge in [-0.1, -0.05) is 6.92 Å². The molecule has 0 bridgehead atoms. The molecule has 4 rings (SSSR count). The van der Waals surface area contributed by atoms with E-state index in [-0.39, 0.29) is 29.5 Å². The molecular weight excluding hydrogens is 358 g/mol. The van der Waals surface area contributed by atoms with Crippen LogP contribution in [0.15, 0.2) is 18.2 Å². The molecule has 2 aromatic rings. The summed E-state index contributed by atoms with van der Waals surface area (Å²) in [5.74, 6) is 0.132. The maximum absolute atomic E-state index is 13.1. The largest absolute Gasteiger partial charge is 0.332 e. The molecule has 0 saturated carbocycles. The minimum Gasteiger partial charge on any atom is -0.332 e. The zero-order valence-corrected chi connectivity index (χ0v) is 15.9. The summed E-state index contributed by atoms with van der Waals surface area (Å²) in [4.78, 5) is 21.5. The summed E-state index contributed by atoms with van der Waals surface area (Å²) >= 11 is 1.60. The Morgan fingerprint density at radius 1 is 1.28 bits per heavy atom. The number of hydrogen-bond acceptors (Lipinski definition) is 6. The Balaban J connectivity index is 1.66. The average Bonchev–Trinajstić information content (AvgIpc) is 3.09. The number of rotatable bonds is 2. The van der Waals surface area contributed by atoms with Crippen molar-refractivity contribution in [1.82, 2.24) is 14.8 Å². The van der Waals surface area contributed by atoms with Gasteiger partial charge in [0.05, 0.1) is 32.8 Å². The molecule has 2 atom stereocenters. The van der Waals surface area contributed by atoms with Crippen molar-refractivity contribution >= 4 is 37.3 Å². The van der Waals surface area contributed by atoms with Gasteiger partial charge in [-0.25, -0.2) is 13.4 Å². The predicted octanol–water partition coefficient (Wildman–Crippen LogP) is 1.55. The number of carbonyl (C=O) groups is 1. The fourth-order valence-corrected chi connectivity index (χ4v) is 6.83. The van der Waals surface area contributed by atoms with Gasteiger partial charge in [0.25, 0.3) is 5.91 Å². The Kier molecular flexibility index (Phi) is 4.09. The second kappa shape index (κ2) is 6.03. The van der Waals surface area contributed by atoms with E-state index in [1.807, 2.05) is 32.0 Å². The Hall–Kier alpha value is -1.51. The minimum atomic E-state index is -3.10. The number of sulfone groups is 1. The van der Waals surface area contributed by atoms with Crippen LogP contribution in [0, 0.1) is 6.92 Å². The second-order valence-corrected chi connectivity index (χ2v) is 10.1. The van der Waals surface area contributed by atoms with Gasteiger partial charge in [0.2, 0.25) is 0 Å². The lowest BCUT2D eigenvalue weighted by molar-refractivity contribution is 0.0349. The third-order valence-corrected chi connectivity index (χ3v) is 7.85. The molecule has 134 valence electrons. The van der Waals surface area contributed by atoms with Gasteiger partial charge in [0, 0.05) is 24.7 Å². The molecule has 2 aliphatic heterocycles. The first-order valence-corrected chi connectivity index (χ1v) is 11.1. The molecule has 2 fully saturated rings. The molecule has 0 radical (unpaired) electrons. The smallest absolute Gasteiger partial charge is 0.254 e. The number of carbonyl (C=O) groups excluding carboxylic acids is 1. The van der Waals surface area contributed by atoms with Gasteiger partial charge in [0.1, 0.15) is 0 Å². The van der Waals surface area contributed by atoms with Crippen LogP contribution in [0.25, 0.3) is 10.2 Å². The molecular formula is C17H21N3O3S2. The van der Waals surface area contributed by atoms with Crippen LogP contribution < -0.4 is 0 Å². The Bertz CT molecular complexity index is 938. The van der Waals surface area contributed by atoms with Gasteiger partial charge < -0.3 is 4.90 Å². The highest BCUT2D eigenvalue weighted by Gasteiger charge is 2.47. The summed E-state index contributed by atoms with van der Waals surface area (Å²) in [6.45, 7) is 6.08. The number of benzene rings is 1. The van der Waals surface area contributed by atoms with Crippen molar-refractivity contribution in [2.45, 2.75) is 25.9 Å². The van der Waals surface area contributed by atoms with Gasteiger partial charge in [-0.15, -0.1) is 11.3 Å². The lowest BCUT2D eigenvalue weighted by Crippen LogP contribution is -2.60. The fourth-order valence-electron chi connectivity index (χ4n) is 4.01. The minimum absolute atomic E-state index is 0.0674. The standard InChI is InChI=1S/C17H21N3O3S2/c1-3-19-6-7-20(15-10-25(22,23)9-14(15)19)17(21)12-4-5-16-13(8-12)18-11(2)24-16/h4-5,8,14-15H,3,6-7,9-10H2,1-2H3/t14-,15+/m1/s1. The topological polar surface area (TPSA) is 70.6 Å². The molecule has 1 aromatic heterocycles. The van der Waals surface area contributed by atoms with E-state index in [2.05, 4.69) is 9.88 Å². The molecule has 0 aliphatic carbocycles. The summed E-state index contributed by atoms with van der Waals surface area (Å²) in [7, 11) is -3.10. The zero-order valence-electron chi connectivity index (χ0n) is 14.3. The molecule has 0 spiro atoms. The number of likely N-dealkylation sites (N-methyl/N-ethyl adjacent to an activating group) is 1. The molecule has 3 heterocycles. The molecule has 2 saturated heterocycles. The summed E-state index contributed by atoms with van der Waals surface area (Å²) in [5, 5.41) is 0.970. The van der Waals surface area contributed by atoms with Gasteiger partial charge in [0.15, 0.2) is 9.84 Å². The van der Waals surface area contributed by atoms with Crippen LogP contribution in [0.4, 0.5) is 0 Å². The van der Waals surface area contributed by atoms with Gasteiger partial charge in [-0.05, 0) is 31.7 Å². The second-order valence-electron chi connectivity index (χ2n) is 6.75. The normalized spacial score (nSPS) is 26.1. The monoisotopic (exact) mass is 379 g/mol. The van der Waals surface area contributed by atoms with Crippen molar-refractivity contribution in [1.29, 1.82) is 0 Å². The van der Waals surface area contributed by atoms with Crippen LogP contribution in [0.5, 0.6) is 0 Å². The number of aryl methyl sites for hydroxylation is 1. The molecule has 6 nitrogen and oxygen atoms in total. The highest BCUT2D eigenvalue weighted by Crippen LogP contribution is 2.29. The van der Waals surface area contributed by atoms with E-state index in [1.165, 1.54) is 0 Å². The van der Waals surface area contributed by atoms with Crippen molar-refractivity contribution in [3.63, 3.8) is 0 Å². The van der Waals surface area contributed by atoms with E-state index in [4.69, 9.17) is 0 Å². The van der Waals surface area contributed by atoms with Crippen molar-refractivity contribution in [2.24, 2.45) is 0 Å². The highest BCUT2D eigenvalue weighted by atomic mass is 32.2. The molecule has 0 N–H and O–H groups in total. The van der Waals surface area contributed by atoms with E-state index >= 15 is 0 Å². The molecule has 8 heteroatoms. The molecule has 1 aromatic carbocycles. The number of aromatic nitrogens is 1. The first-order valence-electron chi connectivity index (χ1n) is 8.50. The summed E-state index contributed by atoms with van der Waals surface area (Å²) < 4.78 is 25.4. The van der Waals surface area contributed by atoms with Crippen LogP contribution in [0.3, 0.4) is 0 Å². The number of fused-ring (bicyclic) bond motifs is 2. The summed E-state index contributed by atoms with van der Waals surface area (Å²) in [6, 6.07) is 5.24. The van der Waals surface area contributed by atoms with Gasteiger partial charge >= 0.3 is 0 Å². The average molecular weight is 380 g/mol. The first kappa shape index (κ1) is 16.9. The third-order valence-electron chi connectivity index (χ3n) is 5.20. The number of amides is 1. The van der Waals surface area contributed by atoms with Crippen LogP contribution in [-0.2, 0) is 9.84 Å². The SMILES string of the molecule is CCN1CCN(C(=O)c2ccc3sc(C)nc3c2)[C@H]2CS(=O)(=O)C[C@H]21. The van der Waals surface area contributed by atoms with E-state index in [0.29, 0.717) is 12.1 Å².